The van der Waals surface area contributed by atoms with Gasteiger partial charge in [0, 0.05) is 11.1 Å². The second-order valence-corrected chi connectivity index (χ2v) is 5.14. The number of aromatic nitrogens is 2. The fourth-order valence-electron chi connectivity index (χ4n) is 1.59. The molecule has 2 aromatic rings. The maximum atomic E-state index is 11.4. The van der Waals surface area contributed by atoms with Crippen LogP contribution in [0, 0.1) is 13.8 Å². The Bertz CT molecular complexity index is 543. The lowest BCUT2D eigenvalue weighted by Gasteiger charge is -1.99. The predicted octanol–water partition coefficient (Wildman–Crippen LogP) is 1.21. The van der Waals surface area contributed by atoms with Crippen LogP contribution in [0.2, 0.25) is 0 Å². The standard InChI is InChI=1S/C11H14N4OS/c1-7-4-13-15(5-7)6-9-3-10(11(16)14-12)17-8(9)2/h3-5H,6,12H2,1-2H3,(H,14,16). The number of hydrogen-bond acceptors (Lipinski definition) is 4. The zero-order chi connectivity index (χ0) is 12.4. The number of nitrogens with zero attached hydrogens (tertiary/aromatic N) is 2. The smallest absolute Gasteiger partial charge is 0.275 e. The van der Waals surface area contributed by atoms with Crippen LogP contribution in [0.25, 0.3) is 0 Å². The van der Waals surface area contributed by atoms with Crippen molar-refractivity contribution in [1.29, 1.82) is 0 Å². The molecule has 0 aromatic carbocycles. The van der Waals surface area contributed by atoms with Crippen molar-refractivity contribution in [1.82, 2.24) is 15.2 Å². The third kappa shape index (κ3) is 2.54. The van der Waals surface area contributed by atoms with Crippen LogP contribution in [0.5, 0.6) is 0 Å². The molecule has 0 radical (unpaired) electrons. The zero-order valence-corrected chi connectivity index (χ0v) is 10.5. The monoisotopic (exact) mass is 250 g/mol. The summed E-state index contributed by atoms with van der Waals surface area (Å²) in [5.41, 5.74) is 4.36. The van der Waals surface area contributed by atoms with Gasteiger partial charge in [-0.2, -0.15) is 5.10 Å². The van der Waals surface area contributed by atoms with Gasteiger partial charge in [-0.1, -0.05) is 0 Å². The number of hydrazine groups is 1. The first-order valence-electron chi connectivity index (χ1n) is 5.19. The molecule has 2 aromatic heterocycles. The number of thiophene rings is 1. The summed E-state index contributed by atoms with van der Waals surface area (Å²) in [5, 5.41) is 4.22. The van der Waals surface area contributed by atoms with E-state index >= 15 is 0 Å². The Hall–Kier alpha value is -1.66. The Balaban J connectivity index is 2.21. The van der Waals surface area contributed by atoms with Gasteiger partial charge in [-0.25, -0.2) is 5.84 Å². The summed E-state index contributed by atoms with van der Waals surface area (Å²) < 4.78 is 1.86. The largest absolute Gasteiger partial charge is 0.289 e. The summed E-state index contributed by atoms with van der Waals surface area (Å²) in [6.07, 6.45) is 3.79. The number of amides is 1. The normalized spacial score (nSPS) is 10.5. The van der Waals surface area contributed by atoms with Gasteiger partial charge in [0.05, 0.1) is 17.6 Å². The molecule has 0 unspecified atom stereocenters. The highest BCUT2D eigenvalue weighted by Gasteiger charge is 2.11. The molecule has 5 nitrogen and oxygen atoms in total. The van der Waals surface area contributed by atoms with Crippen molar-refractivity contribution >= 4 is 17.2 Å². The van der Waals surface area contributed by atoms with Gasteiger partial charge in [0.25, 0.3) is 5.91 Å². The number of nitrogens with one attached hydrogen (secondary N) is 1. The Kier molecular flexibility index (Phi) is 3.26. The summed E-state index contributed by atoms with van der Waals surface area (Å²) >= 11 is 1.44. The molecule has 0 aliphatic carbocycles. The molecular weight excluding hydrogens is 236 g/mol. The van der Waals surface area contributed by atoms with Crippen LogP contribution in [0.4, 0.5) is 0 Å². The third-order valence-electron chi connectivity index (χ3n) is 2.47. The van der Waals surface area contributed by atoms with E-state index in [2.05, 4.69) is 10.5 Å². The number of nitrogens with two attached hydrogens (primary N) is 1. The molecule has 2 heterocycles. The van der Waals surface area contributed by atoms with Gasteiger partial charge in [0.15, 0.2) is 0 Å². The Morgan fingerprint density at radius 1 is 1.59 bits per heavy atom. The van der Waals surface area contributed by atoms with E-state index in [4.69, 9.17) is 5.84 Å². The minimum Gasteiger partial charge on any atom is -0.289 e. The van der Waals surface area contributed by atoms with E-state index in [-0.39, 0.29) is 5.91 Å². The lowest BCUT2D eigenvalue weighted by molar-refractivity contribution is 0.0957. The van der Waals surface area contributed by atoms with Crippen LogP contribution in [-0.4, -0.2) is 15.7 Å². The van der Waals surface area contributed by atoms with Crippen molar-refractivity contribution in [3.8, 4) is 0 Å². The predicted molar refractivity (Wildman–Crippen MR) is 66.8 cm³/mol. The molecule has 0 aliphatic heterocycles. The van der Waals surface area contributed by atoms with Crippen LogP contribution < -0.4 is 11.3 Å². The highest BCUT2D eigenvalue weighted by molar-refractivity contribution is 7.14. The molecule has 17 heavy (non-hydrogen) atoms. The number of carbonyl (C=O) groups excluding carboxylic acids is 1. The van der Waals surface area contributed by atoms with Gasteiger partial charge in [-0.05, 0) is 31.0 Å². The molecule has 6 heteroatoms. The van der Waals surface area contributed by atoms with Crippen LogP contribution >= 0.6 is 11.3 Å². The molecule has 0 spiro atoms. The van der Waals surface area contributed by atoms with Crippen molar-refractivity contribution in [2.24, 2.45) is 5.84 Å². The van der Waals surface area contributed by atoms with Gasteiger partial charge < -0.3 is 0 Å². The Morgan fingerprint density at radius 2 is 2.35 bits per heavy atom. The lowest BCUT2D eigenvalue weighted by atomic mass is 10.2. The molecule has 0 saturated carbocycles. The molecule has 90 valence electrons. The van der Waals surface area contributed by atoms with Gasteiger partial charge in [-0.15, -0.1) is 11.3 Å². The molecule has 3 N–H and O–H groups in total. The fraction of sp³-hybridized carbons (Fsp3) is 0.273. The topological polar surface area (TPSA) is 72.9 Å². The maximum absolute atomic E-state index is 11.4. The summed E-state index contributed by atoms with van der Waals surface area (Å²) in [4.78, 5) is 13.1. The quantitative estimate of drug-likeness (QED) is 0.488. The minimum absolute atomic E-state index is 0.249. The third-order valence-corrected chi connectivity index (χ3v) is 3.56. The number of nitrogen functional groups attached to an aromatic ring is 1. The first-order valence-corrected chi connectivity index (χ1v) is 6.01. The minimum atomic E-state index is -0.249. The van der Waals surface area contributed by atoms with Crippen molar-refractivity contribution in [3.63, 3.8) is 0 Å². The molecule has 0 aliphatic rings. The molecule has 0 bridgehead atoms. The maximum Gasteiger partial charge on any atom is 0.275 e. The first-order chi connectivity index (χ1) is 8.10. The van der Waals surface area contributed by atoms with Gasteiger partial charge in [0.2, 0.25) is 0 Å². The Morgan fingerprint density at radius 3 is 2.94 bits per heavy atom. The average molecular weight is 250 g/mol. The summed E-state index contributed by atoms with van der Waals surface area (Å²) in [5.74, 6) is 4.86. The van der Waals surface area contributed by atoms with Gasteiger partial charge in [-0.3, -0.25) is 14.9 Å². The highest BCUT2D eigenvalue weighted by Crippen LogP contribution is 2.22. The molecule has 2 rings (SSSR count). The van der Waals surface area contributed by atoms with Crippen molar-refractivity contribution in [3.05, 3.63) is 39.3 Å². The van der Waals surface area contributed by atoms with E-state index in [1.54, 1.807) is 0 Å². The van der Waals surface area contributed by atoms with Crippen molar-refractivity contribution in [2.45, 2.75) is 20.4 Å². The van der Waals surface area contributed by atoms with Gasteiger partial charge >= 0.3 is 0 Å². The number of carbonyl (C=O) groups is 1. The van der Waals surface area contributed by atoms with E-state index in [1.807, 2.05) is 37.0 Å². The summed E-state index contributed by atoms with van der Waals surface area (Å²) in [7, 11) is 0. The molecule has 0 atom stereocenters. The molecule has 1 amide bonds. The molecular formula is C11H14N4OS. The van der Waals surface area contributed by atoms with E-state index in [0.29, 0.717) is 11.4 Å². The second kappa shape index (κ2) is 4.68. The SMILES string of the molecule is Cc1cnn(Cc2cc(C(=O)NN)sc2C)c1. The zero-order valence-electron chi connectivity index (χ0n) is 9.73. The highest BCUT2D eigenvalue weighted by atomic mass is 32.1. The van der Waals surface area contributed by atoms with E-state index in [1.165, 1.54) is 11.3 Å². The average Bonchev–Trinajstić information content (AvgIpc) is 2.86. The molecule has 0 fully saturated rings. The van der Waals surface area contributed by atoms with E-state index in [0.717, 1.165) is 16.0 Å². The second-order valence-electron chi connectivity index (χ2n) is 3.88. The van der Waals surface area contributed by atoms with E-state index < -0.39 is 0 Å². The van der Waals surface area contributed by atoms with Crippen LogP contribution in [0.3, 0.4) is 0 Å². The van der Waals surface area contributed by atoms with Crippen LogP contribution in [0.1, 0.15) is 25.7 Å². The number of aryl methyl sites for hydroxylation is 2. The van der Waals surface area contributed by atoms with Crippen molar-refractivity contribution in [2.75, 3.05) is 0 Å². The van der Waals surface area contributed by atoms with Crippen molar-refractivity contribution < 1.29 is 4.79 Å². The lowest BCUT2D eigenvalue weighted by Crippen LogP contribution is -2.29. The van der Waals surface area contributed by atoms with Crippen LogP contribution in [0.15, 0.2) is 18.5 Å². The van der Waals surface area contributed by atoms with E-state index in [9.17, 15) is 4.79 Å². The fourth-order valence-corrected chi connectivity index (χ4v) is 2.53. The van der Waals surface area contributed by atoms with Crippen LogP contribution in [-0.2, 0) is 6.54 Å². The number of hydrogen-bond donors (Lipinski definition) is 2. The Labute approximate surface area is 103 Å². The molecule has 0 saturated heterocycles. The first kappa shape index (κ1) is 11.8. The summed E-state index contributed by atoms with van der Waals surface area (Å²) in [6.45, 7) is 4.66. The van der Waals surface area contributed by atoms with Gasteiger partial charge in [0.1, 0.15) is 0 Å². The summed E-state index contributed by atoms with van der Waals surface area (Å²) in [6, 6.07) is 1.86. The number of rotatable bonds is 3.